The average Bonchev–Trinajstić information content (AvgIpc) is 3.35. The third-order valence-corrected chi connectivity index (χ3v) is 7.32. The highest BCUT2D eigenvalue weighted by atomic mass is 32.1. The molecule has 256 valence electrons. The lowest BCUT2D eigenvalue weighted by Gasteiger charge is -2.25. The molecule has 0 saturated carbocycles. The predicted octanol–water partition coefficient (Wildman–Crippen LogP) is -0.0570. The maximum absolute atomic E-state index is 13.6. The molecule has 4 atom stereocenters. The van der Waals surface area contributed by atoms with Crippen LogP contribution in [0, 0.1) is 4.77 Å². The number of unbranched alkanes of at least 4 members (excludes halogenated alkanes) is 1. The van der Waals surface area contributed by atoms with E-state index in [0.29, 0.717) is 36.3 Å². The fourth-order valence-corrected chi connectivity index (χ4v) is 4.54. The average molecular weight is 663 g/mol. The summed E-state index contributed by atoms with van der Waals surface area (Å²) in [4.78, 5) is 58.7. The largest absolute Gasteiger partial charge is 0.480 e. The van der Waals surface area contributed by atoms with E-state index in [0.717, 1.165) is 5.56 Å². The molecular weight excluding hydrogens is 612 g/mol. The molecule has 15 nitrogen and oxygen atoms in total. The molecule has 3 amide bonds. The summed E-state index contributed by atoms with van der Waals surface area (Å²) in [6.07, 6.45) is 3.68. The fraction of sp³-hybridized carbons (Fsp3) is 0.533. The highest BCUT2D eigenvalue weighted by Crippen LogP contribution is 2.09. The highest BCUT2D eigenvalue weighted by Gasteiger charge is 2.31. The van der Waals surface area contributed by atoms with Gasteiger partial charge in [0.1, 0.15) is 18.1 Å². The number of amides is 3. The van der Waals surface area contributed by atoms with Gasteiger partial charge in [0.15, 0.2) is 10.7 Å². The normalized spacial score (nSPS) is 13.2. The predicted molar refractivity (Wildman–Crippen MR) is 180 cm³/mol. The number of aromatic amines is 1. The van der Waals surface area contributed by atoms with E-state index in [1.54, 1.807) is 48.1 Å². The van der Waals surface area contributed by atoms with E-state index in [1.807, 2.05) is 13.8 Å². The van der Waals surface area contributed by atoms with Crippen molar-refractivity contribution in [1.82, 2.24) is 25.5 Å². The molecule has 2 rings (SSSR count). The number of rotatable bonds is 19. The second-order valence-corrected chi connectivity index (χ2v) is 10.8. The molecule has 0 spiro atoms. The zero-order chi connectivity index (χ0) is 34.6. The van der Waals surface area contributed by atoms with Crippen molar-refractivity contribution in [1.29, 1.82) is 0 Å². The molecule has 4 unspecified atom stereocenters. The Morgan fingerprint density at radius 2 is 1.52 bits per heavy atom. The molecular formula is C30H50N10O5S. The van der Waals surface area contributed by atoms with Gasteiger partial charge in [-0.1, -0.05) is 44.2 Å². The first-order valence-electron chi connectivity index (χ1n) is 15.3. The van der Waals surface area contributed by atoms with Crippen LogP contribution in [0.4, 0.5) is 0 Å². The fourth-order valence-electron chi connectivity index (χ4n) is 4.37. The van der Waals surface area contributed by atoms with Gasteiger partial charge in [0.2, 0.25) is 17.7 Å². The number of aromatic nitrogens is 2. The molecule has 0 bridgehead atoms. The summed E-state index contributed by atoms with van der Waals surface area (Å²) in [6, 6.07) is 4.47. The number of benzene rings is 1. The van der Waals surface area contributed by atoms with Gasteiger partial charge in [0.25, 0.3) is 0 Å². The number of nitrogens with two attached hydrogens (primary N) is 4. The van der Waals surface area contributed by atoms with Crippen LogP contribution in [0.15, 0.2) is 41.5 Å². The molecule has 16 heteroatoms. The number of H-pyrrole nitrogens is 1. The van der Waals surface area contributed by atoms with Crippen LogP contribution in [0.2, 0.25) is 0 Å². The van der Waals surface area contributed by atoms with E-state index in [4.69, 9.17) is 35.2 Å². The number of aliphatic carboxylic acids is 1. The molecule has 13 N–H and O–H groups in total. The molecule has 0 radical (unpaired) electrons. The number of nitrogens with zero attached hydrogens (tertiary/aromatic N) is 2. The number of hydrogen-bond acceptors (Lipinski definition) is 8. The number of carboxylic acids is 1. The Balaban J connectivity index is 0.00000518. The summed E-state index contributed by atoms with van der Waals surface area (Å²) >= 11 is 5.23. The Kier molecular flexibility index (Phi) is 18.5. The third-order valence-electron chi connectivity index (χ3n) is 6.93. The lowest BCUT2D eigenvalue weighted by atomic mass is 10.0. The van der Waals surface area contributed by atoms with Gasteiger partial charge in [0, 0.05) is 38.3 Å². The van der Waals surface area contributed by atoms with E-state index in [1.165, 1.54) is 0 Å². The molecule has 0 aliphatic heterocycles. The van der Waals surface area contributed by atoms with E-state index in [9.17, 15) is 24.3 Å². The number of imidazole rings is 1. The number of aliphatic imine (C=N–C) groups is 1. The summed E-state index contributed by atoms with van der Waals surface area (Å²) in [5, 5.41) is 17.7. The zero-order valence-corrected chi connectivity index (χ0v) is 27.6. The minimum absolute atomic E-state index is 0.0326. The molecule has 0 saturated heterocycles. The van der Waals surface area contributed by atoms with Crippen molar-refractivity contribution in [3.05, 3.63) is 52.6 Å². The van der Waals surface area contributed by atoms with Crippen molar-refractivity contribution in [3.8, 4) is 0 Å². The van der Waals surface area contributed by atoms with Crippen molar-refractivity contribution in [3.63, 3.8) is 0 Å². The number of nitrogens with one attached hydrogen (secondary N) is 4. The molecule has 0 aliphatic carbocycles. The Morgan fingerprint density at radius 3 is 2.09 bits per heavy atom. The van der Waals surface area contributed by atoms with Gasteiger partial charge < -0.3 is 53.5 Å². The summed E-state index contributed by atoms with van der Waals surface area (Å²) in [5.74, 6) is -3.18. The Morgan fingerprint density at radius 1 is 0.913 bits per heavy atom. The smallest absolute Gasteiger partial charge is 0.326 e. The minimum atomic E-state index is -1.23. The first-order chi connectivity index (χ1) is 21.9. The van der Waals surface area contributed by atoms with Crippen molar-refractivity contribution in [2.75, 3.05) is 13.1 Å². The molecule has 46 heavy (non-hydrogen) atoms. The summed E-state index contributed by atoms with van der Waals surface area (Å²) in [6.45, 7) is 4.66. The first kappa shape index (κ1) is 39.7. The molecule has 0 fully saturated rings. The molecule has 0 aliphatic rings. The van der Waals surface area contributed by atoms with Crippen LogP contribution >= 0.6 is 12.2 Å². The van der Waals surface area contributed by atoms with Crippen molar-refractivity contribution >= 4 is 41.9 Å². The lowest BCUT2D eigenvalue weighted by molar-refractivity contribution is -0.142. The Bertz CT molecular complexity index is 1330. The molecule has 1 aromatic carbocycles. The third kappa shape index (κ3) is 14.2. The molecule has 2 aromatic rings. The van der Waals surface area contributed by atoms with Crippen LogP contribution in [0.25, 0.3) is 0 Å². The van der Waals surface area contributed by atoms with Gasteiger partial charge in [0.05, 0.1) is 6.04 Å². The maximum atomic E-state index is 13.6. The summed E-state index contributed by atoms with van der Waals surface area (Å²) < 4.78 is 2.07. The van der Waals surface area contributed by atoms with E-state index in [2.05, 4.69) is 25.9 Å². The Labute approximate surface area is 275 Å². The zero-order valence-electron chi connectivity index (χ0n) is 26.8. The van der Waals surface area contributed by atoms with Gasteiger partial charge in [-0.25, -0.2) is 4.79 Å². The monoisotopic (exact) mass is 662 g/mol. The van der Waals surface area contributed by atoms with Crippen molar-refractivity contribution < 1.29 is 24.3 Å². The quantitative estimate of drug-likeness (QED) is 0.0419. The van der Waals surface area contributed by atoms with Crippen LogP contribution in [-0.2, 0) is 39.1 Å². The van der Waals surface area contributed by atoms with E-state index >= 15 is 0 Å². The lowest BCUT2D eigenvalue weighted by Crippen LogP contribution is -2.57. The van der Waals surface area contributed by atoms with E-state index in [-0.39, 0.29) is 38.2 Å². The van der Waals surface area contributed by atoms with Crippen molar-refractivity contribution in [2.45, 2.75) is 83.0 Å². The minimum Gasteiger partial charge on any atom is -0.480 e. The SMILES string of the molecule is CC.Cn1c(CC(NC(=O)C(N)CCCN=C(N)N)C(=O)NC(CCCCN)C(=O)NC(Cc2ccccc2)C(=O)O)c[nH]c1=S. The Hall–Kier alpha value is -4.28. The first-order valence-corrected chi connectivity index (χ1v) is 15.8. The molecule has 1 aromatic heterocycles. The number of carboxylic acid groups (broad SMARTS) is 1. The van der Waals surface area contributed by atoms with E-state index < -0.39 is 47.9 Å². The van der Waals surface area contributed by atoms with Gasteiger partial charge >= 0.3 is 5.97 Å². The summed E-state index contributed by atoms with van der Waals surface area (Å²) in [5.41, 5.74) is 23.7. The molecule has 1 heterocycles. The number of carbonyl (C=O) groups excluding carboxylic acids is 3. The topological polar surface area (TPSA) is 262 Å². The standard InChI is InChI=1S/C28H44N10O5S.C2H6/c1-38-18(16-34-28(38)44)15-21(36-23(39)19(30)10-7-13-33-27(31)32)25(41)35-20(11-5-6-12-29)24(40)37-22(26(42)43)14-17-8-3-2-4-9-17;1-2/h2-4,8-9,16,19-22H,5-7,10-15,29-30H2,1H3,(H,34,44)(H,35,41)(H,36,39)(H,37,40)(H,42,43)(H4,31,32,33);1-2H3. The van der Waals surface area contributed by atoms with Crippen LogP contribution in [0.1, 0.15) is 57.2 Å². The van der Waals surface area contributed by atoms with Gasteiger partial charge in [-0.05, 0) is 56.4 Å². The number of guanidine groups is 1. The van der Waals surface area contributed by atoms with Crippen LogP contribution in [-0.4, -0.2) is 81.6 Å². The van der Waals surface area contributed by atoms with Gasteiger partial charge in [-0.3, -0.25) is 19.4 Å². The second kappa shape index (κ2) is 21.5. The second-order valence-electron chi connectivity index (χ2n) is 10.4. The maximum Gasteiger partial charge on any atom is 0.326 e. The van der Waals surface area contributed by atoms with Crippen molar-refractivity contribution in [2.24, 2.45) is 35.0 Å². The van der Waals surface area contributed by atoms with Crippen LogP contribution in [0.5, 0.6) is 0 Å². The number of carbonyl (C=O) groups is 4. The highest BCUT2D eigenvalue weighted by molar-refractivity contribution is 7.71. The van der Waals surface area contributed by atoms with Crippen LogP contribution in [0.3, 0.4) is 0 Å². The van der Waals surface area contributed by atoms with Crippen LogP contribution < -0.4 is 38.9 Å². The summed E-state index contributed by atoms with van der Waals surface area (Å²) in [7, 11) is 1.71. The van der Waals surface area contributed by atoms with Gasteiger partial charge in [-0.15, -0.1) is 0 Å². The van der Waals surface area contributed by atoms with Gasteiger partial charge in [-0.2, -0.15) is 0 Å². The number of hydrogen-bond donors (Lipinski definition) is 9.